The van der Waals surface area contributed by atoms with Crippen molar-refractivity contribution in [3.63, 3.8) is 0 Å². The summed E-state index contributed by atoms with van der Waals surface area (Å²) < 4.78 is 44.0. The Bertz CT molecular complexity index is 697. The highest BCUT2D eigenvalue weighted by Crippen LogP contribution is 2.29. The van der Waals surface area contributed by atoms with Gasteiger partial charge in [0.25, 0.3) is 5.56 Å². The maximum Gasteiger partial charge on any atom is 0.417 e. The van der Waals surface area contributed by atoms with Crippen LogP contribution in [0.25, 0.3) is 5.82 Å². The van der Waals surface area contributed by atoms with Gasteiger partial charge in [-0.2, -0.15) is 13.2 Å². The average molecular weight is 313 g/mol. The van der Waals surface area contributed by atoms with Gasteiger partial charge in [0.1, 0.15) is 0 Å². The number of rotatable bonds is 2. The third-order valence-electron chi connectivity index (χ3n) is 3.71. The molecule has 2 aromatic rings. The lowest BCUT2D eigenvalue weighted by Crippen LogP contribution is -2.16. The quantitative estimate of drug-likeness (QED) is 0.926. The largest absolute Gasteiger partial charge is 0.417 e. The molecule has 3 rings (SSSR count). The molecule has 1 aliphatic heterocycles. The van der Waals surface area contributed by atoms with Crippen LogP contribution in [0.2, 0.25) is 0 Å². The van der Waals surface area contributed by atoms with Crippen LogP contribution in [0.1, 0.15) is 30.0 Å². The number of alkyl halides is 3. The van der Waals surface area contributed by atoms with Crippen LogP contribution in [0.5, 0.6) is 0 Å². The molecule has 0 amide bonds. The van der Waals surface area contributed by atoms with Crippen LogP contribution >= 0.6 is 0 Å². The summed E-state index contributed by atoms with van der Waals surface area (Å²) in [6, 6.07) is 3.55. The molecule has 22 heavy (non-hydrogen) atoms. The van der Waals surface area contributed by atoms with E-state index in [9.17, 15) is 18.0 Å². The van der Waals surface area contributed by atoms with E-state index >= 15 is 0 Å². The standard InChI is InChI=1S/C14H14F3N3O2/c15-14(16,17)10-1-2-12(18-8-10)20-13(21)7-11(19-20)9-3-5-22-6-4-9/h1-2,7-9,19H,3-6H2. The first kappa shape index (κ1) is 14.8. The van der Waals surface area contributed by atoms with Gasteiger partial charge in [-0.25, -0.2) is 9.67 Å². The van der Waals surface area contributed by atoms with Gasteiger partial charge in [0.15, 0.2) is 5.82 Å². The van der Waals surface area contributed by atoms with Gasteiger partial charge in [0.05, 0.1) is 5.56 Å². The van der Waals surface area contributed by atoms with E-state index in [2.05, 4.69) is 10.1 Å². The number of nitrogens with zero attached hydrogens (tertiary/aromatic N) is 2. The molecule has 1 saturated heterocycles. The number of aromatic nitrogens is 3. The SMILES string of the molecule is O=c1cc(C2CCOCC2)[nH]n1-c1ccc(C(F)(F)F)cn1. The maximum absolute atomic E-state index is 12.5. The summed E-state index contributed by atoms with van der Waals surface area (Å²) in [5.74, 6) is 0.327. The Hall–Kier alpha value is -2.09. The van der Waals surface area contributed by atoms with Crippen molar-refractivity contribution in [2.24, 2.45) is 0 Å². The van der Waals surface area contributed by atoms with Crippen LogP contribution < -0.4 is 5.56 Å². The van der Waals surface area contributed by atoms with Crippen molar-refractivity contribution in [1.82, 2.24) is 14.8 Å². The van der Waals surface area contributed by atoms with Crippen LogP contribution in [0.4, 0.5) is 13.2 Å². The van der Waals surface area contributed by atoms with Crippen molar-refractivity contribution in [3.05, 3.63) is 46.0 Å². The lowest BCUT2D eigenvalue weighted by molar-refractivity contribution is -0.137. The predicted molar refractivity (Wildman–Crippen MR) is 72.0 cm³/mol. The van der Waals surface area contributed by atoms with Gasteiger partial charge in [0, 0.05) is 37.1 Å². The molecule has 8 heteroatoms. The van der Waals surface area contributed by atoms with Crippen LogP contribution in [-0.2, 0) is 10.9 Å². The van der Waals surface area contributed by atoms with Crippen molar-refractivity contribution in [2.45, 2.75) is 24.9 Å². The number of halogens is 3. The molecule has 1 aliphatic rings. The normalized spacial score (nSPS) is 16.9. The minimum atomic E-state index is -4.44. The second-order valence-corrected chi connectivity index (χ2v) is 5.17. The Kier molecular flexibility index (Phi) is 3.78. The second kappa shape index (κ2) is 5.60. The number of ether oxygens (including phenoxy) is 1. The van der Waals surface area contributed by atoms with Crippen LogP contribution in [0.3, 0.4) is 0 Å². The first-order valence-corrected chi connectivity index (χ1v) is 6.88. The lowest BCUT2D eigenvalue weighted by Gasteiger charge is -2.20. The first-order valence-electron chi connectivity index (χ1n) is 6.88. The predicted octanol–water partition coefficient (Wildman–Crippen LogP) is 2.47. The molecule has 0 unspecified atom stereocenters. The van der Waals surface area contributed by atoms with E-state index in [4.69, 9.17) is 4.74 Å². The third kappa shape index (κ3) is 2.92. The van der Waals surface area contributed by atoms with E-state index in [1.54, 1.807) is 0 Å². The van der Waals surface area contributed by atoms with Gasteiger partial charge < -0.3 is 4.74 Å². The summed E-state index contributed by atoms with van der Waals surface area (Å²) in [6.07, 6.45) is -2.11. The topological polar surface area (TPSA) is 59.9 Å². The van der Waals surface area contributed by atoms with E-state index in [1.165, 1.54) is 12.1 Å². The van der Waals surface area contributed by atoms with E-state index in [0.717, 1.165) is 35.5 Å². The van der Waals surface area contributed by atoms with Crippen molar-refractivity contribution in [2.75, 3.05) is 13.2 Å². The molecule has 1 fully saturated rings. The number of hydrogen-bond acceptors (Lipinski definition) is 3. The summed E-state index contributed by atoms with van der Waals surface area (Å²) in [6.45, 7) is 1.27. The molecular formula is C14H14F3N3O2. The molecule has 0 saturated carbocycles. The van der Waals surface area contributed by atoms with Crippen LogP contribution in [0, 0.1) is 0 Å². The summed E-state index contributed by atoms with van der Waals surface area (Å²) >= 11 is 0. The van der Waals surface area contributed by atoms with Crippen LogP contribution in [-0.4, -0.2) is 28.0 Å². The van der Waals surface area contributed by atoms with Gasteiger partial charge >= 0.3 is 6.18 Å². The molecule has 0 aliphatic carbocycles. The minimum Gasteiger partial charge on any atom is -0.381 e. The van der Waals surface area contributed by atoms with Crippen molar-refractivity contribution >= 4 is 0 Å². The van der Waals surface area contributed by atoms with Gasteiger partial charge in [-0.1, -0.05) is 0 Å². The zero-order chi connectivity index (χ0) is 15.7. The molecule has 0 spiro atoms. The Morgan fingerprint density at radius 3 is 2.59 bits per heavy atom. The second-order valence-electron chi connectivity index (χ2n) is 5.17. The van der Waals surface area contributed by atoms with E-state index in [1.807, 2.05) is 0 Å². The van der Waals surface area contributed by atoms with Crippen molar-refractivity contribution in [1.29, 1.82) is 0 Å². The summed E-state index contributed by atoms with van der Waals surface area (Å²) in [7, 11) is 0. The molecule has 0 aromatic carbocycles. The molecule has 0 radical (unpaired) electrons. The zero-order valence-electron chi connectivity index (χ0n) is 11.6. The van der Waals surface area contributed by atoms with E-state index in [-0.39, 0.29) is 17.3 Å². The molecule has 3 heterocycles. The average Bonchev–Trinajstić information content (AvgIpc) is 2.89. The highest BCUT2D eigenvalue weighted by Gasteiger charge is 2.30. The maximum atomic E-state index is 12.5. The van der Waals surface area contributed by atoms with Crippen molar-refractivity contribution in [3.8, 4) is 5.82 Å². The molecule has 118 valence electrons. The number of hydrogen-bond donors (Lipinski definition) is 1. The zero-order valence-corrected chi connectivity index (χ0v) is 11.6. The monoisotopic (exact) mass is 313 g/mol. The van der Waals surface area contributed by atoms with Gasteiger partial charge in [-0.3, -0.25) is 9.89 Å². The highest BCUT2D eigenvalue weighted by molar-refractivity contribution is 5.27. The Labute approximate surface area is 123 Å². The fourth-order valence-corrected chi connectivity index (χ4v) is 2.49. The van der Waals surface area contributed by atoms with Crippen LogP contribution in [0.15, 0.2) is 29.2 Å². The molecule has 5 nitrogen and oxygen atoms in total. The summed E-state index contributed by atoms with van der Waals surface area (Å²) in [5, 5.41) is 2.93. The van der Waals surface area contributed by atoms with Crippen molar-refractivity contribution < 1.29 is 17.9 Å². The Balaban J connectivity index is 1.88. The fraction of sp³-hybridized carbons (Fsp3) is 0.429. The fourth-order valence-electron chi connectivity index (χ4n) is 2.49. The Morgan fingerprint density at radius 2 is 2.00 bits per heavy atom. The minimum absolute atomic E-state index is 0.135. The molecule has 2 aromatic heterocycles. The highest BCUT2D eigenvalue weighted by atomic mass is 19.4. The van der Waals surface area contributed by atoms with E-state index < -0.39 is 11.7 Å². The number of H-pyrrole nitrogens is 1. The van der Waals surface area contributed by atoms with Gasteiger partial charge in [-0.15, -0.1) is 0 Å². The van der Waals surface area contributed by atoms with Gasteiger partial charge in [-0.05, 0) is 25.0 Å². The van der Waals surface area contributed by atoms with E-state index in [0.29, 0.717) is 13.2 Å². The summed E-state index contributed by atoms with van der Waals surface area (Å²) in [4.78, 5) is 15.7. The number of aromatic amines is 1. The number of nitrogens with one attached hydrogen (secondary N) is 1. The Morgan fingerprint density at radius 1 is 1.27 bits per heavy atom. The molecule has 1 N–H and O–H groups in total. The third-order valence-corrected chi connectivity index (χ3v) is 3.71. The smallest absolute Gasteiger partial charge is 0.381 e. The molecular weight excluding hydrogens is 299 g/mol. The molecule has 0 atom stereocenters. The first-order chi connectivity index (χ1) is 10.4. The number of pyridine rings is 1. The van der Waals surface area contributed by atoms with Gasteiger partial charge in [0.2, 0.25) is 0 Å². The molecule has 0 bridgehead atoms. The summed E-state index contributed by atoms with van der Waals surface area (Å²) in [5.41, 5.74) is -0.427. The lowest BCUT2D eigenvalue weighted by atomic mass is 9.97.